The minimum absolute atomic E-state index is 0.100. The average molecular weight is 496 g/mol. The lowest BCUT2D eigenvalue weighted by atomic mass is 10.1. The first-order chi connectivity index (χ1) is 16.0. The highest BCUT2D eigenvalue weighted by Crippen LogP contribution is 2.37. The fraction of sp³-hybridized carbons (Fsp3) is 0.160. The predicted octanol–water partition coefficient (Wildman–Crippen LogP) is 5.80. The summed E-state index contributed by atoms with van der Waals surface area (Å²) in [7, 11) is 0. The Hall–Kier alpha value is -2.80. The second-order valence-electron chi connectivity index (χ2n) is 7.84. The Labute approximate surface area is 204 Å². The zero-order chi connectivity index (χ0) is 22.9. The molecule has 166 valence electrons. The van der Waals surface area contributed by atoms with Crippen LogP contribution in [0.15, 0.2) is 82.7 Å². The van der Waals surface area contributed by atoms with Crippen LogP contribution in [-0.2, 0) is 4.79 Å². The summed E-state index contributed by atoms with van der Waals surface area (Å²) < 4.78 is 1.50. The van der Waals surface area contributed by atoms with Crippen molar-refractivity contribution in [1.29, 1.82) is 0 Å². The molecule has 1 aliphatic carbocycles. The van der Waals surface area contributed by atoms with Gasteiger partial charge in [-0.05, 0) is 48.7 Å². The number of amides is 1. The van der Waals surface area contributed by atoms with Crippen LogP contribution in [0.4, 0.5) is 0 Å². The van der Waals surface area contributed by atoms with Crippen LogP contribution in [0, 0.1) is 0 Å². The molecule has 5 nitrogen and oxygen atoms in total. The van der Waals surface area contributed by atoms with Gasteiger partial charge in [0.05, 0.1) is 26.6 Å². The molecular formula is C25H19Cl2N3O2S. The van der Waals surface area contributed by atoms with Gasteiger partial charge in [0.15, 0.2) is 5.16 Å². The normalized spacial score (nSPS) is 14.2. The van der Waals surface area contributed by atoms with Crippen molar-refractivity contribution in [2.24, 2.45) is 0 Å². The van der Waals surface area contributed by atoms with E-state index >= 15 is 0 Å². The lowest BCUT2D eigenvalue weighted by Gasteiger charge is -2.19. The summed E-state index contributed by atoms with van der Waals surface area (Å²) in [6.45, 7) is 0. The van der Waals surface area contributed by atoms with Gasteiger partial charge in [-0.1, -0.05) is 77.4 Å². The van der Waals surface area contributed by atoms with Gasteiger partial charge in [-0.15, -0.1) is 0 Å². The third kappa shape index (κ3) is 4.64. The number of nitrogens with one attached hydrogen (secondary N) is 1. The number of carbonyl (C=O) groups is 1. The lowest BCUT2D eigenvalue weighted by Crippen LogP contribution is -2.30. The van der Waals surface area contributed by atoms with E-state index in [4.69, 9.17) is 28.2 Å². The van der Waals surface area contributed by atoms with Gasteiger partial charge in [-0.3, -0.25) is 14.2 Å². The molecule has 1 unspecified atom stereocenters. The topological polar surface area (TPSA) is 64.0 Å². The summed E-state index contributed by atoms with van der Waals surface area (Å²) >= 11 is 13.6. The Morgan fingerprint density at radius 2 is 1.73 bits per heavy atom. The molecule has 1 fully saturated rings. The smallest absolute Gasteiger partial charge is 0.266 e. The first-order valence-electron chi connectivity index (χ1n) is 10.5. The first kappa shape index (κ1) is 22.0. The van der Waals surface area contributed by atoms with Gasteiger partial charge in [-0.25, -0.2) is 4.98 Å². The quantitative estimate of drug-likeness (QED) is 0.271. The number of fused-ring (bicyclic) bond motifs is 1. The van der Waals surface area contributed by atoms with Gasteiger partial charge in [0, 0.05) is 6.04 Å². The van der Waals surface area contributed by atoms with Crippen molar-refractivity contribution in [2.75, 3.05) is 0 Å². The van der Waals surface area contributed by atoms with Crippen molar-refractivity contribution in [2.45, 2.75) is 29.3 Å². The third-order valence-corrected chi connectivity index (χ3v) is 7.34. The monoisotopic (exact) mass is 495 g/mol. The van der Waals surface area contributed by atoms with Crippen molar-refractivity contribution in [3.05, 3.63) is 98.8 Å². The molecule has 0 aliphatic heterocycles. The maximum Gasteiger partial charge on any atom is 0.266 e. The van der Waals surface area contributed by atoms with Crippen molar-refractivity contribution < 1.29 is 4.79 Å². The number of aromatic nitrogens is 2. The number of hydrogen-bond donors (Lipinski definition) is 1. The fourth-order valence-electron chi connectivity index (χ4n) is 3.55. The zero-order valence-corrected chi connectivity index (χ0v) is 19.7. The molecule has 4 aromatic rings. The molecule has 1 atom stereocenters. The van der Waals surface area contributed by atoms with Gasteiger partial charge in [-0.2, -0.15) is 0 Å². The molecule has 0 spiro atoms. The standard InChI is InChI=1S/C25H19Cl2N3O2S/c26-19-13-12-17(14-20(19)27)30-24(32)18-8-4-5-9-21(18)29-25(30)33-22(15-6-2-1-3-7-15)23(31)28-16-10-11-16/h1-9,12-14,16,22H,10-11H2,(H,28,31). The van der Waals surface area contributed by atoms with Crippen molar-refractivity contribution in [3.8, 4) is 5.69 Å². The molecule has 0 radical (unpaired) electrons. The van der Waals surface area contributed by atoms with Gasteiger partial charge >= 0.3 is 0 Å². The van der Waals surface area contributed by atoms with Crippen LogP contribution in [0.5, 0.6) is 0 Å². The third-order valence-electron chi connectivity index (χ3n) is 5.39. The highest BCUT2D eigenvalue weighted by atomic mass is 35.5. The Morgan fingerprint density at radius 1 is 1.00 bits per heavy atom. The number of para-hydroxylation sites is 1. The number of nitrogens with zero attached hydrogens (tertiary/aromatic N) is 2. The molecule has 5 rings (SSSR count). The Kier molecular flexibility index (Phi) is 6.15. The summed E-state index contributed by atoms with van der Waals surface area (Å²) in [6, 6.07) is 21.9. The minimum atomic E-state index is -0.575. The van der Waals surface area contributed by atoms with E-state index < -0.39 is 5.25 Å². The van der Waals surface area contributed by atoms with Crippen LogP contribution in [0.1, 0.15) is 23.7 Å². The van der Waals surface area contributed by atoms with Crippen LogP contribution >= 0.6 is 35.0 Å². The molecule has 0 bridgehead atoms. The average Bonchev–Trinajstić information content (AvgIpc) is 3.64. The van der Waals surface area contributed by atoms with Gasteiger partial charge in [0.2, 0.25) is 5.91 Å². The SMILES string of the molecule is O=C(NC1CC1)C(Sc1nc2ccccc2c(=O)n1-c1ccc(Cl)c(Cl)c1)c1ccccc1. The van der Waals surface area contributed by atoms with Crippen LogP contribution in [0.25, 0.3) is 16.6 Å². The van der Waals surface area contributed by atoms with Crippen molar-refractivity contribution in [3.63, 3.8) is 0 Å². The summed E-state index contributed by atoms with van der Waals surface area (Å²) in [5.74, 6) is -0.100. The molecule has 1 N–H and O–H groups in total. The molecule has 1 saturated carbocycles. The number of thioether (sulfide) groups is 1. The summed E-state index contributed by atoms with van der Waals surface area (Å²) in [5, 5.41) is 4.11. The van der Waals surface area contributed by atoms with Crippen molar-refractivity contribution in [1.82, 2.24) is 14.9 Å². The molecule has 8 heteroatoms. The highest BCUT2D eigenvalue weighted by molar-refractivity contribution is 8.00. The molecule has 1 aromatic heterocycles. The number of hydrogen-bond acceptors (Lipinski definition) is 4. The number of benzene rings is 3. The van der Waals surface area contributed by atoms with Crippen LogP contribution in [0.3, 0.4) is 0 Å². The van der Waals surface area contributed by atoms with E-state index in [1.54, 1.807) is 36.4 Å². The summed E-state index contributed by atoms with van der Waals surface area (Å²) in [5.41, 5.74) is 1.69. The molecule has 1 heterocycles. The lowest BCUT2D eigenvalue weighted by molar-refractivity contribution is -0.120. The predicted molar refractivity (Wildman–Crippen MR) is 134 cm³/mol. The van der Waals surface area contributed by atoms with Gasteiger partial charge in [0.25, 0.3) is 5.56 Å². The van der Waals surface area contributed by atoms with E-state index in [1.807, 2.05) is 36.4 Å². The molecular weight excluding hydrogens is 477 g/mol. The van der Waals surface area contributed by atoms with E-state index in [-0.39, 0.29) is 17.5 Å². The number of halogens is 2. The van der Waals surface area contributed by atoms with E-state index in [2.05, 4.69) is 5.32 Å². The van der Waals surface area contributed by atoms with E-state index in [0.717, 1.165) is 18.4 Å². The van der Waals surface area contributed by atoms with Crippen molar-refractivity contribution >= 4 is 51.8 Å². The van der Waals surface area contributed by atoms with E-state index in [0.29, 0.717) is 31.8 Å². The van der Waals surface area contributed by atoms with Gasteiger partial charge in [0.1, 0.15) is 5.25 Å². The first-order valence-corrected chi connectivity index (χ1v) is 12.1. The van der Waals surface area contributed by atoms with Crippen LogP contribution in [0.2, 0.25) is 10.0 Å². The van der Waals surface area contributed by atoms with Gasteiger partial charge < -0.3 is 5.32 Å². The Bertz CT molecular complexity index is 1400. The highest BCUT2D eigenvalue weighted by Gasteiger charge is 2.30. The number of carbonyl (C=O) groups excluding carboxylic acids is 1. The van der Waals surface area contributed by atoms with E-state index in [1.165, 1.54) is 16.3 Å². The Balaban J connectivity index is 1.67. The summed E-state index contributed by atoms with van der Waals surface area (Å²) in [4.78, 5) is 31.5. The molecule has 33 heavy (non-hydrogen) atoms. The molecule has 0 saturated heterocycles. The zero-order valence-electron chi connectivity index (χ0n) is 17.4. The summed E-state index contributed by atoms with van der Waals surface area (Å²) in [6.07, 6.45) is 1.97. The molecule has 1 aliphatic rings. The maximum atomic E-state index is 13.6. The van der Waals surface area contributed by atoms with Crippen LogP contribution < -0.4 is 10.9 Å². The Morgan fingerprint density at radius 3 is 2.45 bits per heavy atom. The maximum absolute atomic E-state index is 13.6. The van der Waals surface area contributed by atoms with E-state index in [9.17, 15) is 9.59 Å². The molecule has 1 amide bonds. The van der Waals surface area contributed by atoms with Crippen LogP contribution in [-0.4, -0.2) is 21.5 Å². The fourth-order valence-corrected chi connectivity index (χ4v) is 4.97. The second kappa shape index (κ2) is 9.21. The molecule has 3 aromatic carbocycles. The largest absolute Gasteiger partial charge is 0.352 e. The minimum Gasteiger partial charge on any atom is -0.352 e. The number of rotatable bonds is 6. The second-order valence-corrected chi connectivity index (χ2v) is 9.73.